The highest BCUT2D eigenvalue weighted by Crippen LogP contribution is 2.19. The monoisotopic (exact) mass is 629 g/mol. The Kier molecular flexibility index (Phi) is 14.6. The van der Waals surface area contributed by atoms with Crippen LogP contribution in [0.15, 0.2) is 40.4 Å². The third kappa shape index (κ3) is 12.7. The molecule has 0 saturated carbocycles. The molecule has 16 heteroatoms. The van der Waals surface area contributed by atoms with Gasteiger partial charge in [-0.3, -0.25) is 24.4 Å². The van der Waals surface area contributed by atoms with Crippen molar-refractivity contribution in [2.45, 2.75) is 76.5 Å². The summed E-state index contributed by atoms with van der Waals surface area (Å²) in [4.78, 5) is 62.8. The molecule has 45 heavy (non-hydrogen) atoms. The van der Waals surface area contributed by atoms with E-state index in [2.05, 4.69) is 30.9 Å². The van der Waals surface area contributed by atoms with Crippen molar-refractivity contribution in [3.05, 3.63) is 36.0 Å². The molecule has 0 radical (unpaired) electrons. The number of guanidine groups is 2. The molecule has 4 atom stereocenters. The van der Waals surface area contributed by atoms with Crippen LogP contribution in [-0.2, 0) is 25.6 Å². The Hall–Kier alpha value is -4.86. The van der Waals surface area contributed by atoms with E-state index in [0.29, 0.717) is 12.8 Å². The number of amides is 3. The molecule has 0 bridgehead atoms. The average molecular weight is 630 g/mol. The van der Waals surface area contributed by atoms with E-state index in [-0.39, 0.29) is 56.6 Å². The third-order valence-electron chi connectivity index (χ3n) is 6.93. The normalized spacial score (nSPS) is 13.7. The molecule has 16 nitrogen and oxygen atoms in total. The van der Waals surface area contributed by atoms with Gasteiger partial charge in [0.1, 0.15) is 18.1 Å². The molecule has 0 saturated heterocycles. The van der Waals surface area contributed by atoms with E-state index in [0.717, 1.165) is 16.5 Å². The smallest absolute Gasteiger partial charge is 0.326 e. The molecule has 0 aliphatic rings. The lowest BCUT2D eigenvalue weighted by molar-refractivity contribution is -0.142. The maximum Gasteiger partial charge on any atom is 0.326 e. The minimum absolute atomic E-state index is 0.0143. The van der Waals surface area contributed by atoms with Crippen LogP contribution in [0.1, 0.15) is 51.5 Å². The number of fused-ring (bicyclic) bond motifs is 1. The van der Waals surface area contributed by atoms with E-state index in [1.807, 2.05) is 38.1 Å². The molecule has 2 rings (SSSR count). The number of aliphatic imine (C=N–C) groups is 2. The van der Waals surface area contributed by atoms with Crippen LogP contribution >= 0.6 is 0 Å². The summed E-state index contributed by atoms with van der Waals surface area (Å²) in [5.41, 5.74) is 29.6. The van der Waals surface area contributed by atoms with Gasteiger partial charge in [0.05, 0.1) is 6.04 Å². The van der Waals surface area contributed by atoms with Gasteiger partial charge in [0.25, 0.3) is 0 Å². The standard InChI is InChI=1S/C29H47N11O5/c1-16(2)13-23(27(44)45)40-26(43)22(10-6-12-36-29(33)34)39-25(42)21(9-5-11-35-28(31)32)38-24(41)19(30)14-17-15-37-20-8-4-3-7-18(17)20/h3-4,7-8,15-16,19,21-23,37H,5-6,9-14,30H2,1-2H3,(H,38,41)(H,39,42)(H,40,43)(H,44,45)(H4,31,32,35)(H4,33,34,36). The van der Waals surface area contributed by atoms with Crippen molar-refractivity contribution in [3.63, 3.8) is 0 Å². The Morgan fingerprint density at radius 3 is 1.84 bits per heavy atom. The van der Waals surface area contributed by atoms with Gasteiger partial charge >= 0.3 is 5.97 Å². The number of hydrogen-bond donors (Lipinski definition) is 10. The van der Waals surface area contributed by atoms with Gasteiger partial charge < -0.3 is 54.7 Å². The number of carboxylic acids is 1. The second-order valence-corrected chi connectivity index (χ2v) is 11.2. The molecule has 0 spiro atoms. The number of nitrogens with two attached hydrogens (primary N) is 5. The lowest BCUT2D eigenvalue weighted by Crippen LogP contribution is -2.57. The van der Waals surface area contributed by atoms with E-state index >= 15 is 0 Å². The molecule has 1 aromatic carbocycles. The quantitative estimate of drug-likeness (QED) is 0.0499. The summed E-state index contributed by atoms with van der Waals surface area (Å²) in [6, 6.07) is 3.22. The fourth-order valence-corrected chi connectivity index (χ4v) is 4.69. The molecule has 248 valence electrons. The van der Waals surface area contributed by atoms with E-state index in [1.165, 1.54) is 0 Å². The highest BCUT2D eigenvalue weighted by molar-refractivity contribution is 5.94. The summed E-state index contributed by atoms with van der Waals surface area (Å²) in [5.74, 6) is -3.38. The van der Waals surface area contributed by atoms with Gasteiger partial charge in [-0.15, -0.1) is 0 Å². The number of carboxylic acid groups (broad SMARTS) is 1. The lowest BCUT2D eigenvalue weighted by Gasteiger charge is -2.25. The van der Waals surface area contributed by atoms with Crippen molar-refractivity contribution in [1.29, 1.82) is 0 Å². The van der Waals surface area contributed by atoms with E-state index in [9.17, 15) is 24.3 Å². The van der Waals surface area contributed by atoms with Crippen molar-refractivity contribution < 1.29 is 24.3 Å². The summed E-state index contributed by atoms with van der Waals surface area (Å²) in [5, 5.41) is 18.4. The zero-order chi connectivity index (χ0) is 33.5. The Morgan fingerprint density at radius 2 is 1.33 bits per heavy atom. The minimum atomic E-state index is -1.20. The predicted molar refractivity (Wildman–Crippen MR) is 173 cm³/mol. The second-order valence-electron chi connectivity index (χ2n) is 11.2. The number of nitrogens with zero attached hydrogens (tertiary/aromatic N) is 2. The largest absolute Gasteiger partial charge is 0.480 e. The molecular weight excluding hydrogens is 582 g/mol. The Morgan fingerprint density at radius 1 is 0.822 bits per heavy atom. The number of rotatable bonds is 19. The van der Waals surface area contributed by atoms with Crippen LogP contribution in [0.25, 0.3) is 10.9 Å². The second kappa shape index (κ2) is 18.1. The van der Waals surface area contributed by atoms with E-state index in [4.69, 9.17) is 28.7 Å². The van der Waals surface area contributed by atoms with Gasteiger partial charge in [-0.25, -0.2) is 4.79 Å². The number of aromatic nitrogens is 1. The van der Waals surface area contributed by atoms with Crippen LogP contribution in [-0.4, -0.2) is 83.0 Å². The molecular formula is C29H47N11O5. The van der Waals surface area contributed by atoms with Crippen molar-refractivity contribution in [1.82, 2.24) is 20.9 Å². The van der Waals surface area contributed by atoms with Gasteiger partial charge in [-0.1, -0.05) is 32.0 Å². The summed E-state index contributed by atoms with van der Waals surface area (Å²) in [7, 11) is 0. The highest BCUT2D eigenvalue weighted by Gasteiger charge is 2.30. The number of nitrogens with one attached hydrogen (secondary N) is 4. The first kappa shape index (κ1) is 36.3. The van der Waals surface area contributed by atoms with Crippen molar-refractivity contribution in [3.8, 4) is 0 Å². The summed E-state index contributed by atoms with van der Waals surface area (Å²) < 4.78 is 0. The highest BCUT2D eigenvalue weighted by atomic mass is 16.4. The number of carbonyl (C=O) groups excluding carboxylic acids is 3. The number of H-pyrrole nitrogens is 1. The number of para-hydroxylation sites is 1. The third-order valence-corrected chi connectivity index (χ3v) is 6.93. The Balaban J connectivity index is 2.21. The summed E-state index contributed by atoms with van der Waals surface area (Å²) >= 11 is 0. The maximum atomic E-state index is 13.6. The zero-order valence-electron chi connectivity index (χ0n) is 25.8. The van der Waals surface area contributed by atoms with Crippen molar-refractivity contribution in [2.24, 2.45) is 44.6 Å². The van der Waals surface area contributed by atoms with Crippen LogP contribution < -0.4 is 44.6 Å². The number of aliphatic carboxylic acids is 1. The zero-order valence-corrected chi connectivity index (χ0v) is 25.8. The molecule has 1 heterocycles. The lowest BCUT2D eigenvalue weighted by atomic mass is 10.0. The molecule has 0 aliphatic heterocycles. The number of hydrogen-bond acceptors (Lipinski definition) is 7. The summed E-state index contributed by atoms with van der Waals surface area (Å²) in [6.07, 6.45) is 3.03. The maximum absolute atomic E-state index is 13.6. The fourth-order valence-electron chi connectivity index (χ4n) is 4.69. The van der Waals surface area contributed by atoms with Crippen LogP contribution in [0.5, 0.6) is 0 Å². The van der Waals surface area contributed by atoms with E-state index < -0.39 is 47.9 Å². The fraction of sp³-hybridized carbons (Fsp3) is 0.517. The van der Waals surface area contributed by atoms with Gasteiger partial charge in [-0.05, 0) is 56.1 Å². The molecule has 1 aromatic heterocycles. The molecule has 15 N–H and O–H groups in total. The van der Waals surface area contributed by atoms with E-state index in [1.54, 1.807) is 6.20 Å². The van der Waals surface area contributed by atoms with Crippen LogP contribution in [0, 0.1) is 5.92 Å². The number of carbonyl (C=O) groups is 4. The first-order valence-corrected chi connectivity index (χ1v) is 14.8. The van der Waals surface area contributed by atoms with Crippen LogP contribution in [0.2, 0.25) is 0 Å². The molecule has 3 amide bonds. The minimum Gasteiger partial charge on any atom is -0.480 e. The number of aromatic amines is 1. The van der Waals surface area contributed by atoms with Crippen LogP contribution in [0.3, 0.4) is 0 Å². The topological polar surface area (TPSA) is 295 Å². The van der Waals surface area contributed by atoms with Gasteiger partial charge in [-0.2, -0.15) is 0 Å². The predicted octanol–water partition coefficient (Wildman–Crippen LogP) is -1.27. The number of benzene rings is 1. The SMILES string of the molecule is CC(C)CC(NC(=O)C(CCCN=C(N)N)NC(=O)C(CCCN=C(N)N)NC(=O)C(N)Cc1c[nH]c2ccccc12)C(=O)O. The molecule has 0 fully saturated rings. The summed E-state index contributed by atoms with van der Waals surface area (Å²) in [6.45, 7) is 4.03. The first-order valence-electron chi connectivity index (χ1n) is 14.8. The molecule has 0 aliphatic carbocycles. The Labute approximate surface area is 262 Å². The van der Waals surface area contributed by atoms with Crippen molar-refractivity contribution >= 4 is 46.5 Å². The van der Waals surface area contributed by atoms with Gasteiger partial charge in [0.15, 0.2) is 11.9 Å². The van der Waals surface area contributed by atoms with Crippen LogP contribution in [0.4, 0.5) is 0 Å². The molecule has 4 unspecified atom stereocenters. The average Bonchev–Trinajstić information content (AvgIpc) is 3.37. The van der Waals surface area contributed by atoms with Gasteiger partial charge in [0, 0.05) is 30.2 Å². The first-order chi connectivity index (χ1) is 21.3. The Bertz CT molecular complexity index is 1350. The molecule has 2 aromatic rings. The van der Waals surface area contributed by atoms with Gasteiger partial charge in [0.2, 0.25) is 17.7 Å². The van der Waals surface area contributed by atoms with Crippen molar-refractivity contribution in [2.75, 3.05) is 13.1 Å².